The van der Waals surface area contributed by atoms with Crippen molar-refractivity contribution in [2.75, 3.05) is 20.3 Å². The minimum Gasteiger partial charge on any atom is -0.496 e. The summed E-state index contributed by atoms with van der Waals surface area (Å²) in [5, 5.41) is 11.2. The molecular formula is C18H18FNO4. The zero-order valence-corrected chi connectivity index (χ0v) is 13.2. The summed E-state index contributed by atoms with van der Waals surface area (Å²) in [6.07, 6.45) is -0.275. The predicted octanol–water partition coefficient (Wildman–Crippen LogP) is 3.64. The van der Waals surface area contributed by atoms with Crippen molar-refractivity contribution in [1.29, 1.82) is 0 Å². The molecule has 0 unspecified atom stereocenters. The second-order valence-corrected chi connectivity index (χ2v) is 5.62. The molecule has 2 N–H and O–H groups in total. The highest BCUT2D eigenvalue weighted by Gasteiger charge is 2.23. The number of amides is 1. The van der Waals surface area contributed by atoms with Crippen molar-refractivity contribution in [2.45, 2.75) is 12.3 Å². The lowest BCUT2D eigenvalue weighted by atomic mass is 9.91. The van der Waals surface area contributed by atoms with Crippen LogP contribution in [0.1, 0.15) is 17.9 Å². The number of carbonyl (C=O) groups is 1. The van der Waals surface area contributed by atoms with Crippen LogP contribution < -0.4 is 14.8 Å². The summed E-state index contributed by atoms with van der Waals surface area (Å²) in [6.45, 7) is 0.883. The third kappa shape index (κ3) is 3.27. The summed E-state index contributed by atoms with van der Waals surface area (Å²) in [4.78, 5) is 10.7. The lowest BCUT2D eigenvalue weighted by molar-refractivity contribution is 0.191. The van der Waals surface area contributed by atoms with Gasteiger partial charge in [0.25, 0.3) is 0 Å². The van der Waals surface area contributed by atoms with Crippen LogP contribution in [0.3, 0.4) is 0 Å². The van der Waals surface area contributed by atoms with E-state index in [4.69, 9.17) is 14.6 Å². The van der Waals surface area contributed by atoms with E-state index < -0.39 is 6.09 Å². The third-order valence-electron chi connectivity index (χ3n) is 4.15. The van der Waals surface area contributed by atoms with Crippen molar-refractivity contribution >= 4 is 6.09 Å². The number of ether oxygens (including phenoxy) is 2. The van der Waals surface area contributed by atoms with Crippen LogP contribution in [0.25, 0.3) is 11.1 Å². The fraction of sp³-hybridized carbons (Fsp3) is 0.278. The number of carboxylic acid groups (broad SMARTS) is 1. The molecule has 3 rings (SSSR count). The van der Waals surface area contributed by atoms with Gasteiger partial charge in [-0.1, -0.05) is 12.1 Å². The first-order valence-corrected chi connectivity index (χ1v) is 7.66. The highest BCUT2D eigenvalue weighted by molar-refractivity contribution is 5.72. The summed E-state index contributed by atoms with van der Waals surface area (Å²) in [5.74, 6) is 0.899. The molecule has 0 spiro atoms. The molecule has 5 nitrogen and oxygen atoms in total. The normalized spacial score (nSPS) is 16.0. The Kier molecular flexibility index (Phi) is 4.55. The van der Waals surface area contributed by atoms with Gasteiger partial charge in [0.2, 0.25) is 0 Å². The lowest BCUT2D eigenvalue weighted by Crippen LogP contribution is -2.29. The van der Waals surface area contributed by atoms with Gasteiger partial charge in [0.15, 0.2) is 0 Å². The summed E-state index contributed by atoms with van der Waals surface area (Å²) >= 11 is 0. The first kappa shape index (κ1) is 16.1. The third-order valence-corrected chi connectivity index (χ3v) is 4.15. The van der Waals surface area contributed by atoms with Gasteiger partial charge in [0.1, 0.15) is 17.3 Å². The number of methoxy groups -OCH3 is 1. The molecule has 1 atom stereocenters. The van der Waals surface area contributed by atoms with Crippen LogP contribution in [0.2, 0.25) is 0 Å². The second kappa shape index (κ2) is 6.78. The summed E-state index contributed by atoms with van der Waals surface area (Å²) < 4.78 is 24.3. The van der Waals surface area contributed by atoms with Gasteiger partial charge in [0, 0.05) is 24.1 Å². The van der Waals surface area contributed by atoms with Gasteiger partial charge in [-0.05, 0) is 35.7 Å². The molecule has 2 aromatic carbocycles. The first-order valence-electron chi connectivity index (χ1n) is 7.66. The Labute approximate surface area is 139 Å². The average molecular weight is 331 g/mol. The Morgan fingerprint density at radius 2 is 2.21 bits per heavy atom. The Bertz CT molecular complexity index is 763. The van der Waals surface area contributed by atoms with Crippen LogP contribution in [0.4, 0.5) is 9.18 Å². The van der Waals surface area contributed by atoms with Crippen molar-refractivity contribution in [3.8, 4) is 22.6 Å². The van der Waals surface area contributed by atoms with Gasteiger partial charge in [-0.2, -0.15) is 0 Å². The van der Waals surface area contributed by atoms with Crippen LogP contribution in [-0.4, -0.2) is 31.5 Å². The molecule has 0 aliphatic carbocycles. The Hall–Kier alpha value is -2.76. The molecule has 0 aromatic heterocycles. The number of fused-ring (bicyclic) bond motifs is 1. The molecule has 1 heterocycles. The van der Waals surface area contributed by atoms with E-state index in [2.05, 4.69) is 5.32 Å². The molecule has 6 heteroatoms. The van der Waals surface area contributed by atoms with E-state index in [9.17, 15) is 9.18 Å². The molecule has 2 aromatic rings. The van der Waals surface area contributed by atoms with Gasteiger partial charge in [-0.15, -0.1) is 0 Å². The summed E-state index contributed by atoms with van der Waals surface area (Å²) in [6, 6.07) is 10.1. The van der Waals surface area contributed by atoms with E-state index in [0.29, 0.717) is 18.9 Å². The SMILES string of the molecule is COc1cc(F)ccc1-c1ccc2c(c1)OCC[C@H]2CNC(=O)O. The van der Waals surface area contributed by atoms with Crippen LogP contribution in [0.15, 0.2) is 36.4 Å². The van der Waals surface area contributed by atoms with Crippen LogP contribution in [-0.2, 0) is 0 Å². The standard InChI is InChI=1S/C18H18FNO4/c1-23-16-9-13(19)3-5-14(16)11-2-4-15-12(10-20-18(21)22)6-7-24-17(15)8-11/h2-5,8-9,12,20H,6-7,10H2,1H3,(H,21,22)/t12-/m0/s1. The van der Waals surface area contributed by atoms with Crippen molar-refractivity contribution in [2.24, 2.45) is 0 Å². The Morgan fingerprint density at radius 3 is 2.96 bits per heavy atom. The minimum atomic E-state index is -1.03. The van der Waals surface area contributed by atoms with E-state index in [1.807, 2.05) is 18.2 Å². The zero-order chi connectivity index (χ0) is 17.1. The van der Waals surface area contributed by atoms with Crippen LogP contribution >= 0.6 is 0 Å². The summed E-state index contributed by atoms with van der Waals surface area (Å²) in [5.41, 5.74) is 2.60. The average Bonchev–Trinajstić information content (AvgIpc) is 2.59. The van der Waals surface area contributed by atoms with Crippen molar-refractivity contribution in [3.05, 3.63) is 47.8 Å². The second-order valence-electron chi connectivity index (χ2n) is 5.62. The number of hydrogen-bond donors (Lipinski definition) is 2. The monoisotopic (exact) mass is 331 g/mol. The molecule has 0 fully saturated rings. The lowest BCUT2D eigenvalue weighted by Gasteiger charge is -2.26. The maximum Gasteiger partial charge on any atom is 0.404 e. The summed E-state index contributed by atoms with van der Waals surface area (Å²) in [7, 11) is 1.50. The van der Waals surface area contributed by atoms with Crippen LogP contribution in [0.5, 0.6) is 11.5 Å². The zero-order valence-electron chi connectivity index (χ0n) is 13.2. The maximum atomic E-state index is 13.4. The molecule has 126 valence electrons. The van der Waals surface area contributed by atoms with Gasteiger partial charge < -0.3 is 19.9 Å². The quantitative estimate of drug-likeness (QED) is 0.898. The number of nitrogens with one attached hydrogen (secondary N) is 1. The van der Waals surface area contributed by atoms with E-state index in [0.717, 1.165) is 28.9 Å². The highest BCUT2D eigenvalue weighted by Crippen LogP contribution is 2.38. The molecule has 0 radical (unpaired) electrons. The predicted molar refractivity (Wildman–Crippen MR) is 87.3 cm³/mol. The number of benzene rings is 2. The van der Waals surface area contributed by atoms with Gasteiger partial charge >= 0.3 is 6.09 Å². The molecular weight excluding hydrogens is 313 g/mol. The molecule has 24 heavy (non-hydrogen) atoms. The van der Waals surface area contributed by atoms with E-state index in [1.165, 1.54) is 19.2 Å². The fourth-order valence-corrected chi connectivity index (χ4v) is 2.96. The topological polar surface area (TPSA) is 67.8 Å². The first-order chi connectivity index (χ1) is 11.6. The number of halogens is 1. The van der Waals surface area contributed by atoms with Crippen molar-refractivity contribution < 1.29 is 23.8 Å². The minimum absolute atomic E-state index is 0.0778. The Morgan fingerprint density at radius 1 is 1.38 bits per heavy atom. The maximum absolute atomic E-state index is 13.4. The molecule has 0 bridgehead atoms. The van der Waals surface area contributed by atoms with Gasteiger partial charge in [-0.3, -0.25) is 0 Å². The van der Waals surface area contributed by atoms with E-state index >= 15 is 0 Å². The number of rotatable bonds is 4. The smallest absolute Gasteiger partial charge is 0.404 e. The van der Waals surface area contributed by atoms with E-state index in [-0.39, 0.29) is 11.7 Å². The van der Waals surface area contributed by atoms with Gasteiger partial charge in [0.05, 0.1) is 13.7 Å². The molecule has 1 amide bonds. The number of hydrogen-bond acceptors (Lipinski definition) is 3. The van der Waals surface area contributed by atoms with Gasteiger partial charge in [-0.25, -0.2) is 9.18 Å². The van der Waals surface area contributed by atoms with Crippen molar-refractivity contribution in [1.82, 2.24) is 5.32 Å². The van der Waals surface area contributed by atoms with E-state index in [1.54, 1.807) is 6.07 Å². The molecule has 1 aliphatic rings. The molecule has 0 saturated heterocycles. The Balaban J connectivity index is 1.93. The highest BCUT2D eigenvalue weighted by atomic mass is 19.1. The van der Waals surface area contributed by atoms with Crippen LogP contribution in [0, 0.1) is 5.82 Å². The fourth-order valence-electron chi connectivity index (χ4n) is 2.96. The molecule has 1 aliphatic heterocycles. The largest absolute Gasteiger partial charge is 0.496 e. The van der Waals surface area contributed by atoms with Crippen molar-refractivity contribution in [3.63, 3.8) is 0 Å². The molecule has 0 saturated carbocycles.